The van der Waals surface area contributed by atoms with Gasteiger partial charge < -0.3 is 9.72 Å². The zero-order chi connectivity index (χ0) is 13.3. The molecule has 0 aliphatic carbocycles. The van der Waals surface area contributed by atoms with Crippen LogP contribution in [0.1, 0.15) is 5.69 Å². The minimum Gasteiger partial charge on any atom is -0.496 e. The first-order valence-electron chi connectivity index (χ1n) is 4.88. The number of rotatable bonds is 2. The number of imidazole rings is 1. The number of nitrogens with one attached hydrogen (secondary N) is 1. The van der Waals surface area contributed by atoms with Crippen LogP contribution in [0, 0.1) is 0 Å². The molecule has 3 nitrogen and oxygen atoms in total. The van der Waals surface area contributed by atoms with Crippen molar-refractivity contribution in [1.82, 2.24) is 9.97 Å². The van der Waals surface area contributed by atoms with E-state index in [0.29, 0.717) is 15.8 Å². The zero-order valence-electron chi connectivity index (χ0n) is 9.18. The fourth-order valence-electron chi connectivity index (χ4n) is 1.43. The third-order valence-corrected chi connectivity index (χ3v) is 2.93. The summed E-state index contributed by atoms with van der Waals surface area (Å²) in [4.78, 5) is 5.95. The van der Waals surface area contributed by atoms with Crippen LogP contribution in [0.2, 0.25) is 0 Å². The maximum Gasteiger partial charge on any atom is 0.432 e. The van der Waals surface area contributed by atoms with Crippen molar-refractivity contribution in [2.24, 2.45) is 0 Å². The van der Waals surface area contributed by atoms with Crippen LogP contribution in [0.25, 0.3) is 11.4 Å². The van der Waals surface area contributed by atoms with Gasteiger partial charge in [-0.05, 0) is 34.1 Å². The molecule has 0 unspecified atom stereocenters. The van der Waals surface area contributed by atoms with E-state index in [4.69, 9.17) is 4.74 Å². The van der Waals surface area contributed by atoms with Gasteiger partial charge in [-0.15, -0.1) is 0 Å². The molecule has 96 valence electrons. The number of benzene rings is 1. The fourth-order valence-corrected chi connectivity index (χ4v) is 1.97. The molecule has 2 aromatic rings. The molecule has 0 saturated carbocycles. The van der Waals surface area contributed by atoms with Gasteiger partial charge in [-0.3, -0.25) is 0 Å². The van der Waals surface area contributed by atoms with Gasteiger partial charge in [0.05, 0.1) is 17.8 Å². The van der Waals surface area contributed by atoms with Gasteiger partial charge in [0.1, 0.15) is 17.3 Å². The number of aromatic amines is 1. The Labute approximate surface area is 109 Å². The van der Waals surface area contributed by atoms with Crippen LogP contribution in [0.3, 0.4) is 0 Å². The third-order valence-electron chi connectivity index (χ3n) is 2.31. The number of aromatic nitrogens is 2. The molecule has 0 spiro atoms. The van der Waals surface area contributed by atoms with Crippen molar-refractivity contribution >= 4 is 15.9 Å². The minimum absolute atomic E-state index is 0.158. The molecule has 1 aromatic heterocycles. The van der Waals surface area contributed by atoms with Gasteiger partial charge in [-0.25, -0.2) is 4.98 Å². The number of H-pyrrole nitrogens is 1. The largest absolute Gasteiger partial charge is 0.496 e. The summed E-state index contributed by atoms with van der Waals surface area (Å²) < 4.78 is 42.9. The van der Waals surface area contributed by atoms with Crippen LogP contribution in [-0.2, 0) is 6.18 Å². The van der Waals surface area contributed by atoms with Crippen LogP contribution in [0.15, 0.2) is 28.9 Å². The van der Waals surface area contributed by atoms with Gasteiger partial charge in [0.15, 0.2) is 0 Å². The monoisotopic (exact) mass is 320 g/mol. The summed E-state index contributed by atoms with van der Waals surface area (Å²) in [6, 6.07) is 4.91. The van der Waals surface area contributed by atoms with Crippen LogP contribution in [0.4, 0.5) is 13.2 Å². The Kier molecular flexibility index (Phi) is 3.34. The molecule has 1 heterocycles. The first-order chi connectivity index (χ1) is 8.41. The van der Waals surface area contributed by atoms with Gasteiger partial charge >= 0.3 is 6.18 Å². The Morgan fingerprint density at radius 3 is 2.56 bits per heavy atom. The van der Waals surface area contributed by atoms with Crippen molar-refractivity contribution < 1.29 is 17.9 Å². The van der Waals surface area contributed by atoms with Crippen LogP contribution in [0.5, 0.6) is 5.75 Å². The minimum atomic E-state index is -4.42. The number of hydrogen-bond acceptors (Lipinski definition) is 2. The first kappa shape index (κ1) is 12.9. The summed E-state index contributed by atoms with van der Waals surface area (Å²) in [6.45, 7) is 0. The number of hydrogen-bond donors (Lipinski definition) is 1. The van der Waals surface area contributed by atoms with E-state index in [1.54, 1.807) is 18.2 Å². The van der Waals surface area contributed by atoms with Crippen molar-refractivity contribution in [3.8, 4) is 17.1 Å². The molecule has 0 atom stereocenters. The second-order valence-electron chi connectivity index (χ2n) is 3.49. The van der Waals surface area contributed by atoms with E-state index >= 15 is 0 Å². The van der Waals surface area contributed by atoms with Crippen molar-refractivity contribution in [3.63, 3.8) is 0 Å². The van der Waals surface area contributed by atoms with Gasteiger partial charge in [0.2, 0.25) is 0 Å². The highest BCUT2D eigenvalue weighted by Crippen LogP contribution is 2.32. The lowest BCUT2D eigenvalue weighted by Crippen LogP contribution is -2.04. The summed E-state index contributed by atoms with van der Waals surface area (Å²) in [5.41, 5.74) is -0.331. The number of halogens is 4. The normalized spacial score (nSPS) is 11.6. The average Bonchev–Trinajstić information content (AvgIpc) is 2.77. The Morgan fingerprint density at radius 1 is 1.33 bits per heavy atom. The number of alkyl halides is 3. The molecule has 0 aliphatic heterocycles. The summed E-state index contributed by atoms with van der Waals surface area (Å²) >= 11 is 3.26. The molecular weight excluding hydrogens is 313 g/mol. The van der Waals surface area contributed by atoms with E-state index in [-0.39, 0.29) is 5.82 Å². The summed E-state index contributed by atoms with van der Waals surface area (Å²) in [6.07, 6.45) is -3.65. The lowest BCUT2D eigenvalue weighted by molar-refractivity contribution is -0.140. The number of ether oxygens (including phenoxy) is 1. The van der Waals surface area contributed by atoms with E-state index < -0.39 is 11.9 Å². The van der Waals surface area contributed by atoms with E-state index in [0.717, 1.165) is 6.20 Å². The summed E-state index contributed by atoms with van der Waals surface area (Å²) in [7, 11) is 1.51. The Hall–Kier alpha value is -1.50. The highest BCUT2D eigenvalue weighted by Gasteiger charge is 2.33. The molecule has 0 fully saturated rings. The van der Waals surface area contributed by atoms with E-state index in [9.17, 15) is 13.2 Å². The lowest BCUT2D eigenvalue weighted by Gasteiger charge is -2.05. The van der Waals surface area contributed by atoms with E-state index in [1.165, 1.54) is 7.11 Å². The second kappa shape index (κ2) is 4.64. The molecule has 0 aliphatic rings. The Balaban J connectivity index is 2.38. The summed E-state index contributed by atoms with van der Waals surface area (Å²) in [5.74, 6) is 0.757. The molecule has 0 bridgehead atoms. The molecule has 0 radical (unpaired) electrons. The predicted molar refractivity (Wildman–Crippen MR) is 63.3 cm³/mol. The van der Waals surface area contributed by atoms with Crippen molar-refractivity contribution in [2.75, 3.05) is 7.11 Å². The highest BCUT2D eigenvalue weighted by molar-refractivity contribution is 9.10. The highest BCUT2D eigenvalue weighted by atomic mass is 79.9. The van der Waals surface area contributed by atoms with Crippen molar-refractivity contribution in [1.29, 1.82) is 0 Å². The zero-order valence-corrected chi connectivity index (χ0v) is 10.8. The number of methoxy groups -OCH3 is 1. The topological polar surface area (TPSA) is 37.9 Å². The standard InChI is InChI=1S/C11H8BrF3N2O/c1-18-8-3-2-6(4-7(8)12)10-16-5-9(17-10)11(13,14)15/h2-5H,1H3,(H,16,17). The lowest BCUT2D eigenvalue weighted by atomic mass is 10.2. The van der Waals surface area contributed by atoms with E-state index in [1.807, 2.05) is 0 Å². The maximum absolute atomic E-state index is 12.4. The molecule has 2 rings (SSSR count). The van der Waals surface area contributed by atoms with Gasteiger partial charge in [-0.2, -0.15) is 13.2 Å². The first-order valence-corrected chi connectivity index (χ1v) is 5.67. The summed E-state index contributed by atoms with van der Waals surface area (Å²) in [5, 5.41) is 0. The van der Waals surface area contributed by atoms with Crippen LogP contribution in [-0.4, -0.2) is 17.1 Å². The third kappa shape index (κ3) is 2.50. The van der Waals surface area contributed by atoms with Gasteiger partial charge in [-0.1, -0.05) is 0 Å². The van der Waals surface area contributed by atoms with Crippen LogP contribution >= 0.6 is 15.9 Å². The number of nitrogens with zero attached hydrogens (tertiary/aromatic N) is 1. The average molecular weight is 321 g/mol. The van der Waals surface area contributed by atoms with Gasteiger partial charge in [0, 0.05) is 5.56 Å². The quantitative estimate of drug-likeness (QED) is 0.912. The Bertz CT molecular complexity index is 566. The molecule has 1 N–H and O–H groups in total. The second-order valence-corrected chi connectivity index (χ2v) is 4.35. The molecule has 7 heteroatoms. The molecule has 1 aromatic carbocycles. The van der Waals surface area contributed by atoms with Crippen molar-refractivity contribution in [2.45, 2.75) is 6.18 Å². The molecular formula is C11H8BrF3N2O. The molecule has 18 heavy (non-hydrogen) atoms. The predicted octanol–water partition coefficient (Wildman–Crippen LogP) is 3.87. The smallest absolute Gasteiger partial charge is 0.432 e. The maximum atomic E-state index is 12.4. The van der Waals surface area contributed by atoms with E-state index in [2.05, 4.69) is 25.9 Å². The Morgan fingerprint density at radius 2 is 2.06 bits per heavy atom. The molecule has 0 saturated heterocycles. The van der Waals surface area contributed by atoms with Gasteiger partial charge in [0.25, 0.3) is 0 Å². The van der Waals surface area contributed by atoms with Crippen molar-refractivity contribution in [3.05, 3.63) is 34.6 Å². The fraction of sp³-hybridized carbons (Fsp3) is 0.182. The van der Waals surface area contributed by atoms with Crippen LogP contribution < -0.4 is 4.74 Å². The SMILES string of the molecule is COc1ccc(-c2ncc(C(F)(F)F)[nH]2)cc1Br. The molecule has 0 amide bonds.